The Morgan fingerprint density at radius 2 is 2.00 bits per heavy atom. The average molecular weight is 400 g/mol. The number of thiazole rings is 1. The van der Waals surface area contributed by atoms with Crippen molar-refractivity contribution in [3.8, 4) is 22.8 Å². The Kier molecular flexibility index (Phi) is 6.36. The molecule has 1 N–H and O–H groups in total. The van der Waals surface area contributed by atoms with Crippen LogP contribution >= 0.6 is 11.3 Å². The van der Waals surface area contributed by atoms with Gasteiger partial charge in [-0.1, -0.05) is 19.1 Å². The molecule has 0 aliphatic carbocycles. The Bertz CT molecular complexity index is 962. The van der Waals surface area contributed by atoms with E-state index in [-0.39, 0.29) is 12.5 Å². The number of methoxy groups -OCH3 is 1. The van der Waals surface area contributed by atoms with Gasteiger partial charge in [-0.3, -0.25) is 10.1 Å². The number of ether oxygens (including phenoxy) is 2. The molecule has 6 nitrogen and oxygen atoms in total. The van der Waals surface area contributed by atoms with Crippen molar-refractivity contribution in [2.75, 3.05) is 19.0 Å². The highest BCUT2D eigenvalue weighted by Gasteiger charge is 2.15. The summed E-state index contributed by atoms with van der Waals surface area (Å²) in [7, 11) is 1.57. The zero-order valence-electron chi connectivity index (χ0n) is 16.6. The molecule has 7 heteroatoms. The first kappa shape index (κ1) is 19.9. The van der Waals surface area contributed by atoms with Crippen LogP contribution < -0.4 is 14.8 Å². The summed E-state index contributed by atoms with van der Waals surface area (Å²) >= 11 is 1.41. The van der Waals surface area contributed by atoms with Crippen LogP contribution in [0.25, 0.3) is 11.3 Å². The summed E-state index contributed by atoms with van der Waals surface area (Å²) in [4.78, 5) is 16.8. The zero-order valence-corrected chi connectivity index (χ0v) is 17.4. The van der Waals surface area contributed by atoms with E-state index in [1.807, 2.05) is 17.5 Å². The molecular formula is C21H25N3O3S. The molecule has 2 aromatic heterocycles. The van der Waals surface area contributed by atoms with Crippen molar-refractivity contribution in [2.45, 2.75) is 33.7 Å². The van der Waals surface area contributed by atoms with E-state index >= 15 is 0 Å². The quantitative estimate of drug-likeness (QED) is 0.598. The number of nitrogens with one attached hydrogen (secondary N) is 1. The minimum Gasteiger partial charge on any atom is -0.493 e. The molecular weight excluding hydrogens is 374 g/mol. The Labute approximate surface area is 169 Å². The van der Waals surface area contributed by atoms with Crippen LogP contribution in [-0.4, -0.2) is 29.2 Å². The summed E-state index contributed by atoms with van der Waals surface area (Å²) in [5.41, 5.74) is 4.40. The standard InChI is InChI=1S/C21H25N3O3S/c1-5-10-24-14(2)11-16(15(24)3)17-13-28-21(22-17)23-20(25)12-27-19-9-7-6-8-18(19)26-4/h6-9,11,13H,5,10,12H2,1-4H3,(H,22,23,25). The van der Waals surface area contributed by atoms with E-state index in [0.29, 0.717) is 16.6 Å². The van der Waals surface area contributed by atoms with E-state index in [1.165, 1.54) is 22.7 Å². The molecule has 148 valence electrons. The molecule has 0 bridgehead atoms. The lowest BCUT2D eigenvalue weighted by atomic mass is 10.2. The fourth-order valence-electron chi connectivity index (χ4n) is 3.12. The number of aromatic nitrogens is 2. The van der Waals surface area contributed by atoms with Gasteiger partial charge < -0.3 is 14.0 Å². The Morgan fingerprint density at radius 3 is 2.71 bits per heavy atom. The van der Waals surface area contributed by atoms with Crippen LogP contribution in [-0.2, 0) is 11.3 Å². The number of anilines is 1. The van der Waals surface area contributed by atoms with Crippen LogP contribution in [0.4, 0.5) is 5.13 Å². The molecule has 0 radical (unpaired) electrons. The number of nitrogens with zero attached hydrogens (tertiary/aromatic N) is 2. The molecule has 0 saturated heterocycles. The van der Waals surface area contributed by atoms with Gasteiger partial charge in [-0.05, 0) is 38.5 Å². The van der Waals surface area contributed by atoms with Crippen LogP contribution in [0.3, 0.4) is 0 Å². The lowest BCUT2D eigenvalue weighted by Gasteiger charge is -2.09. The molecule has 0 spiro atoms. The minimum atomic E-state index is -0.261. The average Bonchev–Trinajstić information content (AvgIpc) is 3.26. The summed E-state index contributed by atoms with van der Waals surface area (Å²) in [5, 5.41) is 5.33. The molecule has 0 aliphatic rings. The van der Waals surface area contributed by atoms with Gasteiger partial charge in [-0.2, -0.15) is 0 Å². The van der Waals surface area contributed by atoms with Crippen LogP contribution in [0.15, 0.2) is 35.7 Å². The summed E-state index contributed by atoms with van der Waals surface area (Å²) in [5.74, 6) is 0.862. The van der Waals surface area contributed by atoms with Crippen LogP contribution in [0.2, 0.25) is 0 Å². The van der Waals surface area contributed by atoms with E-state index in [9.17, 15) is 4.79 Å². The smallest absolute Gasteiger partial charge is 0.264 e. The third-order valence-corrected chi connectivity index (χ3v) is 5.23. The highest BCUT2D eigenvalue weighted by molar-refractivity contribution is 7.14. The normalized spacial score (nSPS) is 10.7. The van der Waals surface area contributed by atoms with Gasteiger partial charge in [-0.15, -0.1) is 11.3 Å². The van der Waals surface area contributed by atoms with E-state index in [0.717, 1.165) is 24.2 Å². The van der Waals surface area contributed by atoms with E-state index in [4.69, 9.17) is 9.47 Å². The molecule has 28 heavy (non-hydrogen) atoms. The van der Waals surface area contributed by atoms with Crippen molar-refractivity contribution in [1.29, 1.82) is 0 Å². The third-order valence-electron chi connectivity index (χ3n) is 4.48. The lowest BCUT2D eigenvalue weighted by molar-refractivity contribution is -0.118. The molecule has 3 aromatic rings. The predicted octanol–water partition coefficient (Wildman–Crippen LogP) is 4.66. The number of rotatable bonds is 8. The van der Waals surface area contributed by atoms with Crippen LogP contribution in [0.5, 0.6) is 11.5 Å². The first-order chi connectivity index (χ1) is 13.5. The summed E-state index contributed by atoms with van der Waals surface area (Å²) < 4.78 is 13.1. The predicted molar refractivity (Wildman–Crippen MR) is 112 cm³/mol. The number of carbonyl (C=O) groups excluding carboxylic acids is 1. The van der Waals surface area contributed by atoms with Gasteiger partial charge >= 0.3 is 0 Å². The Hall–Kier alpha value is -2.80. The second-order valence-electron chi connectivity index (χ2n) is 6.46. The molecule has 0 saturated carbocycles. The fraction of sp³-hybridized carbons (Fsp3) is 0.333. The molecule has 0 fully saturated rings. The monoisotopic (exact) mass is 399 g/mol. The highest BCUT2D eigenvalue weighted by Crippen LogP contribution is 2.30. The molecule has 1 aromatic carbocycles. The van der Waals surface area contributed by atoms with Gasteiger partial charge in [0.1, 0.15) is 0 Å². The topological polar surface area (TPSA) is 65.4 Å². The maximum atomic E-state index is 12.2. The maximum absolute atomic E-state index is 12.2. The van der Waals surface area contributed by atoms with Crippen LogP contribution in [0.1, 0.15) is 24.7 Å². The molecule has 0 aliphatic heterocycles. The lowest BCUT2D eigenvalue weighted by Crippen LogP contribution is -2.20. The van der Waals surface area contributed by atoms with E-state index in [1.54, 1.807) is 19.2 Å². The SMILES string of the molecule is CCCn1c(C)cc(-c2csc(NC(=O)COc3ccccc3OC)n2)c1C. The fourth-order valence-corrected chi connectivity index (χ4v) is 3.85. The summed E-state index contributed by atoms with van der Waals surface area (Å²) in [6.07, 6.45) is 1.08. The molecule has 3 rings (SSSR count). The second kappa shape index (κ2) is 8.93. The highest BCUT2D eigenvalue weighted by atomic mass is 32.1. The largest absolute Gasteiger partial charge is 0.493 e. The number of benzene rings is 1. The number of hydrogen-bond donors (Lipinski definition) is 1. The first-order valence-corrected chi connectivity index (χ1v) is 10.1. The van der Waals surface area contributed by atoms with Gasteiger partial charge in [0.2, 0.25) is 0 Å². The van der Waals surface area contributed by atoms with Gasteiger partial charge in [-0.25, -0.2) is 4.98 Å². The van der Waals surface area contributed by atoms with Crippen molar-refractivity contribution in [1.82, 2.24) is 9.55 Å². The van der Waals surface area contributed by atoms with Crippen molar-refractivity contribution in [3.05, 3.63) is 47.1 Å². The number of carbonyl (C=O) groups is 1. The summed E-state index contributed by atoms with van der Waals surface area (Å²) in [6.45, 7) is 7.27. The molecule has 2 heterocycles. The molecule has 1 amide bonds. The van der Waals surface area contributed by atoms with Crippen molar-refractivity contribution >= 4 is 22.4 Å². The Balaban J connectivity index is 1.65. The van der Waals surface area contributed by atoms with E-state index in [2.05, 4.69) is 41.7 Å². The third kappa shape index (κ3) is 4.36. The first-order valence-electron chi connectivity index (χ1n) is 9.21. The van der Waals surface area contributed by atoms with Crippen molar-refractivity contribution in [2.24, 2.45) is 0 Å². The van der Waals surface area contributed by atoms with Gasteiger partial charge in [0, 0.05) is 28.9 Å². The maximum Gasteiger partial charge on any atom is 0.264 e. The number of aryl methyl sites for hydroxylation is 1. The second-order valence-corrected chi connectivity index (χ2v) is 7.32. The van der Waals surface area contributed by atoms with Crippen molar-refractivity contribution in [3.63, 3.8) is 0 Å². The zero-order chi connectivity index (χ0) is 20.1. The minimum absolute atomic E-state index is 0.111. The number of para-hydroxylation sites is 2. The molecule has 0 unspecified atom stereocenters. The van der Waals surface area contributed by atoms with Crippen LogP contribution in [0, 0.1) is 13.8 Å². The van der Waals surface area contributed by atoms with Gasteiger partial charge in [0.25, 0.3) is 5.91 Å². The molecule has 0 atom stereocenters. The van der Waals surface area contributed by atoms with Crippen molar-refractivity contribution < 1.29 is 14.3 Å². The number of amides is 1. The summed E-state index contributed by atoms with van der Waals surface area (Å²) in [6, 6.07) is 9.38. The number of hydrogen-bond acceptors (Lipinski definition) is 5. The van der Waals surface area contributed by atoms with Gasteiger partial charge in [0.15, 0.2) is 23.2 Å². The van der Waals surface area contributed by atoms with Gasteiger partial charge in [0.05, 0.1) is 12.8 Å². The Morgan fingerprint density at radius 1 is 1.25 bits per heavy atom. The van der Waals surface area contributed by atoms with E-state index < -0.39 is 0 Å².